The van der Waals surface area contributed by atoms with Crippen molar-refractivity contribution in [2.45, 2.75) is 24.8 Å². The van der Waals surface area contributed by atoms with Crippen molar-refractivity contribution in [2.75, 3.05) is 18.9 Å². The molecule has 8 heteroatoms. The van der Waals surface area contributed by atoms with Crippen molar-refractivity contribution in [1.29, 1.82) is 0 Å². The van der Waals surface area contributed by atoms with Crippen LogP contribution in [-0.4, -0.2) is 32.4 Å². The van der Waals surface area contributed by atoms with Gasteiger partial charge in [-0.1, -0.05) is 30.3 Å². The number of anilines is 1. The highest BCUT2D eigenvalue weighted by Gasteiger charge is 2.25. The zero-order valence-corrected chi connectivity index (χ0v) is 17.0. The summed E-state index contributed by atoms with van der Waals surface area (Å²) < 4.78 is 41.1. The highest BCUT2D eigenvalue weighted by Crippen LogP contribution is 2.33. The zero-order chi connectivity index (χ0) is 20.3. The van der Waals surface area contributed by atoms with Crippen LogP contribution in [0.1, 0.15) is 19.9 Å². The van der Waals surface area contributed by atoms with Crippen LogP contribution in [0.4, 0.5) is 5.69 Å². The van der Waals surface area contributed by atoms with Crippen LogP contribution < -0.4 is 14.2 Å². The molecule has 0 unspecified atom stereocenters. The summed E-state index contributed by atoms with van der Waals surface area (Å²) in [6.45, 7) is 3.89. The summed E-state index contributed by atoms with van der Waals surface area (Å²) in [5.74, 6) is 0.929. The van der Waals surface area contributed by atoms with Crippen LogP contribution in [0.5, 0.6) is 11.5 Å². The van der Waals surface area contributed by atoms with E-state index in [2.05, 4.69) is 9.82 Å². The van der Waals surface area contributed by atoms with Crippen LogP contribution in [0.25, 0.3) is 11.3 Å². The Morgan fingerprint density at radius 1 is 1.04 bits per heavy atom. The molecule has 0 bridgehead atoms. The van der Waals surface area contributed by atoms with E-state index >= 15 is 0 Å². The molecule has 2 aromatic carbocycles. The molecule has 7 nitrogen and oxygen atoms in total. The summed E-state index contributed by atoms with van der Waals surface area (Å²) >= 11 is 0. The van der Waals surface area contributed by atoms with Gasteiger partial charge in [-0.05, 0) is 26.0 Å². The Hall–Kier alpha value is -3.00. The van der Waals surface area contributed by atoms with Crippen LogP contribution in [-0.2, 0) is 10.0 Å². The predicted molar refractivity (Wildman–Crippen MR) is 108 cm³/mol. The molecule has 1 aromatic heterocycles. The molecule has 3 aromatic rings. The van der Waals surface area contributed by atoms with Gasteiger partial charge in [0, 0.05) is 23.9 Å². The maximum atomic E-state index is 13.2. The second kappa shape index (κ2) is 7.93. The third-order valence-electron chi connectivity index (χ3n) is 4.22. The molecular formula is C20H23N3O4S. The van der Waals surface area contributed by atoms with Crippen molar-refractivity contribution in [2.24, 2.45) is 0 Å². The van der Waals surface area contributed by atoms with Crippen molar-refractivity contribution in [3.63, 3.8) is 0 Å². The van der Waals surface area contributed by atoms with Crippen molar-refractivity contribution in [3.05, 3.63) is 54.7 Å². The normalized spacial score (nSPS) is 11.5. The predicted octanol–water partition coefficient (Wildman–Crippen LogP) is 3.95. The standard InChI is InChI=1S/C20H23N3O4S/c1-14(2)23-13-19(20(21-23)15-8-6-5-7-9-15)28(24,25)22-17-11-10-16(26-3)12-18(17)27-4/h5-14,22H,1-4H3. The van der Waals surface area contributed by atoms with Crippen LogP contribution in [0.3, 0.4) is 0 Å². The second-order valence-corrected chi connectivity index (χ2v) is 8.10. The average molecular weight is 401 g/mol. The van der Waals surface area contributed by atoms with E-state index < -0.39 is 10.0 Å². The summed E-state index contributed by atoms with van der Waals surface area (Å²) in [6, 6.07) is 14.1. The first-order chi connectivity index (χ1) is 13.4. The first-order valence-corrected chi connectivity index (χ1v) is 10.2. The van der Waals surface area contributed by atoms with Gasteiger partial charge in [-0.3, -0.25) is 9.40 Å². The molecule has 0 aliphatic rings. The van der Waals surface area contributed by atoms with Gasteiger partial charge in [-0.15, -0.1) is 0 Å². The van der Waals surface area contributed by atoms with Crippen LogP contribution in [0, 0.1) is 0 Å². The smallest absolute Gasteiger partial charge is 0.265 e. The largest absolute Gasteiger partial charge is 0.497 e. The molecule has 0 saturated carbocycles. The summed E-state index contributed by atoms with van der Waals surface area (Å²) in [5, 5.41) is 4.50. The van der Waals surface area contributed by atoms with Gasteiger partial charge in [0.2, 0.25) is 0 Å². The zero-order valence-electron chi connectivity index (χ0n) is 16.2. The molecule has 0 fully saturated rings. The van der Waals surface area contributed by atoms with E-state index in [1.807, 2.05) is 44.2 Å². The topological polar surface area (TPSA) is 82.5 Å². The molecule has 0 spiro atoms. The number of sulfonamides is 1. The van der Waals surface area contributed by atoms with Crippen molar-refractivity contribution in [3.8, 4) is 22.8 Å². The van der Waals surface area contributed by atoms with Crippen LogP contribution >= 0.6 is 0 Å². The molecule has 1 N–H and O–H groups in total. The minimum absolute atomic E-state index is 0.0157. The van der Waals surface area contributed by atoms with Gasteiger partial charge in [0.1, 0.15) is 22.1 Å². The number of rotatable bonds is 7. The van der Waals surface area contributed by atoms with E-state index in [-0.39, 0.29) is 10.9 Å². The molecule has 148 valence electrons. The Kier molecular flexibility index (Phi) is 5.60. The first-order valence-electron chi connectivity index (χ1n) is 8.75. The van der Waals surface area contributed by atoms with Gasteiger partial charge in [0.25, 0.3) is 10.0 Å². The molecule has 0 atom stereocenters. The minimum Gasteiger partial charge on any atom is -0.497 e. The number of hydrogen-bond donors (Lipinski definition) is 1. The monoisotopic (exact) mass is 401 g/mol. The van der Waals surface area contributed by atoms with E-state index in [4.69, 9.17) is 9.47 Å². The van der Waals surface area contributed by atoms with Gasteiger partial charge in [-0.2, -0.15) is 5.10 Å². The lowest BCUT2D eigenvalue weighted by molar-refractivity contribution is 0.395. The van der Waals surface area contributed by atoms with Gasteiger partial charge in [-0.25, -0.2) is 8.42 Å². The quantitative estimate of drug-likeness (QED) is 0.648. The maximum absolute atomic E-state index is 13.2. The van der Waals surface area contributed by atoms with E-state index in [0.29, 0.717) is 22.9 Å². The fourth-order valence-electron chi connectivity index (χ4n) is 2.71. The van der Waals surface area contributed by atoms with Crippen molar-refractivity contribution in [1.82, 2.24) is 9.78 Å². The molecule has 0 amide bonds. The molecule has 0 aliphatic carbocycles. The van der Waals surface area contributed by atoms with Gasteiger partial charge in [0.05, 0.1) is 19.9 Å². The van der Waals surface area contributed by atoms with Crippen LogP contribution in [0.2, 0.25) is 0 Å². The maximum Gasteiger partial charge on any atom is 0.265 e. The number of aromatic nitrogens is 2. The number of hydrogen-bond acceptors (Lipinski definition) is 5. The van der Waals surface area contributed by atoms with E-state index in [1.165, 1.54) is 14.2 Å². The highest BCUT2D eigenvalue weighted by atomic mass is 32.2. The Labute approximate surface area is 165 Å². The first kappa shape index (κ1) is 19.8. The van der Waals surface area contributed by atoms with E-state index in [0.717, 1.165) is 5.56 Å². The van der Waals surface area contributed by atoms with E-state index in [9.17, 15) is 8.42 Å². The lowest BCUT2D eigenvalue weighted by Crippen LogP contribution is -2.14. The second-order valence-electron chi connectivity index (χ2n) is 6.45. The van der Waals surface area contributed by atoms with Crippen LogP contribution in [0.15, 0.2) is 59.6 Å². The molecule has 28 heavy (non-hydrogen) atoms. The number of nitrogens with zero attached hydrogens (tertiary/aromatic N) is 2. The van der Waals surface area contributed by atoms with Crippen molar-refractivity contribution >= 4 is 15.7 Å². The Morgan fingerprint density at radius 2 is 1.75 bits per heavy atom. The molecule has 0 radical (unpaired) electrons. The molecule has 1 heterocycles. The molecule has 0 aliphatic heterocycles. The van der Waals surface area contributed by atoms with Gasteiger partial charge in [0.15, 0.2) is 0 Å². The van der Waals surface area contributed by atoms with E-state index in [1.54, 1.807) is 29.1 Å². The number of ether oxygens (including phenoxy) is 2. The Balaban J connectivity index is 2.07. The summed E-state index contributed by atoms with van der Waals surface area (Å²) in [4.78, 5) is 0.102. The lowest BCUT2D eigenvalue weighted by Gasteiger charge is -2.13. The summed E-state index contributed by atoms with van der Waals surface area (Å²) in [7, 11) is -0.907. The highest BCUT2D eigenvalue weighted by molar-refractivity contribution is 7.92. The molecular weight excluding hydrogens is 378 g/mol. The fourth-order valence-corrected chi connectivity index (χ4v) is 3.94. The van der Waals surface area contributed by atoms with Gasteiger partial charge >= 0.3 is 0 Å². The third-order valence-corrected chi connectivity index (χ3v) is 5.58. The Morgan fingerprint density at radius 3 is 2.36 bits per heavy atom. The SMILES string of the molecule is COc1ccc(NS(=O)(=O)c2cn(C(C)C)nc2-c2ccccc2)c(OC)c1. The average Bonchev–Trinajstić information content (AvgIpc) is 3.15. The Bertz CT molecular complexity index is 1060. The van der Waals surface area contributed by atoms with Gasteiger partial charge < -0.3 is 9.47 Å². The third kappa shape index (κ3) is 3.96. The summed E-state index contributed by atoms with van der Waals surface area (Å²) in [5.41, 5.74) is 1.44. The number of benzene rings is 2. The molecule has 3 rings (SSSR count). The number of nitrogens with one attached hydrogen (secondary N) is 1. The minimum atomic E-state index is -3.91. The van der Waals surface area contributed by atoms with Crippen molar-refractivity contribution < 1.29 is 17.9 Å². The number of methoxy groups -OCH3 is 2. The summed E-state index contributed by atoms with van der Waals surface area (Å²) in [6.07, 6.45) is 1.55. The fraction of sp³-hybridized carbons (Fsp3) is 0.250. The molecule has 0 saturated heterocycles. The lowest BCUT2D eigenvalue weighted by atomic mass is 10.2.